The summed E-state index contributed by atoms with van der Waals surface area (Å²) >= 11 is 0. The van der Waals surface area contributed by atoms with Crippen molar-refractivity contribution in [2.45, 2.75) is 19.4 Å². The lowest BCUT2D eigenvalue weighted by Gasteiger charge is -2.17. The molecule has 7 heteroatoms. The summed E-state index contributed by atoms with van der Waals surface area (Å²) < 4.78 is 12.0. The molecule has 24 heavy (non-hydrogen) atoms. The van der Waals surface area contributed by atoms with Gasteiger partial charge >= 0.3 is 5.63 Å². The number of carbonyl (C=O) groups excluding carboxylic acids is 1. The summed E-state index contributed by atoms with van der Waals surface area (Å²) in [6, 6.07) is 6.12. The van der Waals surface area contributed by atoms with Crippen LogP contribution in [0.4, 0.5) is 0 Å². The maximum Gasteiger partial charge on any atom is 0.339 e. The van der Waals surface area contributed by atoms with Crippen LogP contribution in [0, 0.1) is 6.92 Å². The number of hydrogen-bond acceptors (Lipinski definition) is 5. The SMILES string of the molecule is Cc1cc(OC2CCN(C(=O)c3cccn(C)c3=O)C2)cc(=O)o1. The van der Waals surface area contributed by atoms with Crippen molar-refractivity contribution in [2.24, 2.45) is 7.05 Å². The third kappa shape index (κ3) is 3.24. The molecule has 1 fully saturated rings. The minimum Gasteiger partial charge on any atom is -0.488 e. The summed E-state index contributed by atoms with van der Waals surface area (Å²) in [6.07, 6.45) is 2.03. The van der Waals surface area contributed by atoms with Gasteiger partial charge in [-0.05, 0) is 19.1 Å². The number of likely N-dealkylation sites (tertiary alicyclic amines) is 1. The molecule has 0 aromatic carbocycles. The van der Waals surface area contributed by atoms with Crippen LogP contribution in [0.25, 0.3) is 0 Å². The van der Waals surface area contributed by atoms with Gasteiger partial charge in [0.2, 0.25) is 0 Å². The van der Waals surface area contributed by atoms with Crippen molar-refractivity contribution in [3.63, 3.8) is 0 Å². The van der Waals surface area contributed by atoms with Crippen LogP contribution in [-0.2, 0) is 7.05 Å². The van der Waals surface area contributed by atoms with Crippen LogP contribution in [0.2, 0.25) is 0 Å². The standard InChI is InChI=1S/C17H18N2O5/c1-11-8-13(9-15(20)23-11)24-12-5-7-19(10-12)17(22)14-4-3-6-18(2)16(14)21/h3-4,6,8-9,12H,5,7,10H2,1-2H3. The molecule has 1 atom stereocenters. The predicted octanol–water partition coefficient (Wildman–Crippen LogP) is 0.940. The molecule has 0 aliphatic carbocycles. The number of carbonyl (C=O) groups is 1. The first-order chi connectivity index (χ1) is 11.4. The van der Waals surface area contributed by atoms with Crippen molar-refractivity contribution < 1.29 is 13.9 Å². The van der Waals surface area contributed by atoms with E-state index in [2.05, 4.69) is 0 Å². The molecular formula is C17H18N2O5. The van der Waals surface area contributed by atoms with E-state index in [4.69, 9.17) is 9.15 Å². The number of aromatic nitrogens is 1. The van der Waals surface area contributed by atoms with E-state index in [0.29, 0.717) is 31.0 Å². The second-order valence-corrected chi connectivity index (χ2v) is 5.84. The second-order valence-electron chi connectivity index (χ2n) is 5.84. The maximum atomic E-state index is 12.5. The Morgan fingerprint density at radius 1 is 1.33 bits per heavy atom. The van der Waals surface area contributed by atoms with E-state index in [-0.39, 0.29) is 23.1 Å². The van der Waals surface area contributed by atoms with Gasteiger partial charge in [-0.15, -0.1) is 0 Å². The van der Waals surface area contributed by atoms with Gasteiger partial charge in [-0.3, -0.25) is 9.59 Å². The van der Waals surface area contributed by atoms with E-state index < -0.39 is 5.63 Å². The van der Waals surface area contributed by atoms with E-state index in [1.807, 2.05) is 0 Å². The summed E-state index contributed by atoms with van der Waals surface area (Å²) in [4.78, 5) is 37.5. The zero-order chi connectivity index (χ0) is 17.3. The smallest absolute Gasteiger partial charge is 0.339 e. The number of rotatable bonds is 3. The van der Waals surface area contributed by atoms with Crippen LogP contribution in [0.5, 0.6) is 5.75 Å². The van der Waals surface area contributed by atoms with Crippen LogP contribution in [-0.4, -0.2) is 34.6 Å². The van der Waals surface area contributed by atoms with Crippen molar-refractivity contribution in [3.05, 3.63) is 62.6 Å². The fourth-order valence-corrected chi connectivity index (χ4v) is 2.78. The Kier molecular flexibility index (Phi) is 4.24. The van der Waals surface area contributed by atoms with E-state index in [1.54, 1.807) is 37.2 Å². The largest absolute Gasteiger partial charge is 0.488 e. The van der Waals surface area contributed by atoms with Gasteiger partial charge in [0.1, 0.15) is 23.2 Å². The van der Waals surface area contributed by atoms with Crippen LogP contribution in [0.15, 0.2) is 44.5 Å². The molecule has 0 bridgehead atoms. The number of ether oxygens (including phenoxy) is 1. The van der Waals surface area contributed by atoms with Gasteiger partial charge in [0.25, 0.3) is 11.5 Å². The van der Waals surface area contributed by atoms with Crippen molar-refractivity contribution in [3.8, 4) is 5.75 Å². The topological polar surface area (TPSA) is 81.8 Å². The molecule has 0 radical (unpaired) electrons. The lowest BCUT2D eigenvalue weighted by molar-refractivity contribution is 0.0769. The quantitative estimate of drug-likeness (QED) is 0.836. The van der Waals surface area contributed by atoms with Crippen molar-refractivity contribution in [1.29, 1.82) is 0 Å². The average Bonchev–Trinajstić information content (AvgIpc) is 2.97. The monoisotopic (exact) mass is 330 g/mol. The first-order valence-electron chi connectivity index (χ1n) is 7.67. The third-order valence-corrected chi connectivity index (χ3v) is 3.96. The molecule has 2 aromatic rings. The van der Waals surface area contributed by atoms with Crippen molar-refractivity contribution in [2.75, 3.05) is 13.1 Å². The highest BCUT2D eigenvalue weighted by molar-refractivity contribution is 5.94. The molecule has 1 aliphatic heterocycles. The highest BCUT2D eigenvalue weighted by atomic mass is 16.5. The summed E-state index contributed by atoms with van der Waals surface area (Å²) in [5, 5.41) is 0. The Morgan fingerprint density at radius 3 is 2.88 bits per heavy atom. The normalized spacial score (nSPS) is 17.1. The zero-order valence-corrected chi connectivity index (χ0v) is 13.5. The minimum absolute atomic E-state index is 0.150. The number of hydrogen-bond donors (Lipinski definition) is 0. The molecule has 1 unspecified atom stereocenters. The molecule has 0 N–H and O–H groups in total. The Balaban J connectivity index is 1.71. The van der Waals surface area contributed by atoms with Gasteiger partial charge in [0.15, 0.2) is 0 Å². The first kappa shape index (κ1) is 16.0. The molecule has 1 aliphatic rings. The van der Waals surface area contributed by atoms with E-state index in [0.717, 1.165) is 0 Å². The Bertz CT molecular complexity index is 883. The number of amides is 1. The minimum atomic E-state index is -0.469. The van der Waals surface area contributed by atoms with Gasteiger partial charge in [0.05, 0.1) is 12.6 Å². The van der Waals surface area contributed by atoms with Gasteiger partial charge in [-0.2, -0.15) is 0 Å². The van der Waals surface area contributed by atoms with Gasteiger partial charge in [0, 0.05) is 32.3 Å². The van der Waals surface area contributed by atoms with Crippen LogP contribution in [0.1, 0.15) is 22.5 Å². The Hall–Kier alpha value is -2.83. The molecular weight excluding hydrogens is 312 g/mol. The fourth-order valence-electron chi connectivity index (χ4n) is 2.78. The third-order valence-electron chi connectivity index (χ3n) is 3.96. The van der Waals surface area contributed by atoms with Crippen LogP contribution >= 0.6 is 0 Å². The van der Waals surface area contributed by atoms with Gasteiger partial charge in [-0.25, -0.2) is 4.79 Å². The lowest BCUT2D eigenvalue weighted by atomic mass is 10.2. The second kappa shape index (κ2) is 6.35. The molecule has 1 amide bonds. The summed E-state index contributed by atoms with van der Waals surface area (Å²) in [5.41, 5.74) is -0.635. The average molecular weight is 330 g/mol. The zero-order valence-electron chi connectivity index (χ0n) is 13.5. The summed E-state index contributed by atoms with van der Waals surface area (Å²) in [5.74, 6) is 0.598. The van der Waals surface area contributed by atoms with Gasteiger partial charge < -0.3 is 18.6 Å². The number of aryl methyl sites for hydroxylation is 2. The molecule has 126 valence electrons. The molecule has 2 aromatic heterocycles. The van der Waals surface area contributed by atoms with Crippen molar-refractivity contribution >= 4 is 5.91 Å². The molecule has 3 heterocycles. The van der Waals surface area contributed by atoms with E-state index in [9.17, 15) is 14.4 Å². The number of pyridine rings is 1. The maximum absolute atomic E-state index is 12.5. The molecule has 0 spiro atoms. The molecule has 3 rings (SSSR count). The highest BCUT2D eigenvalue weighted by Crippen LogP contribution is 2.19. The van der Waals surface area contributed by atoms with Crippen LogP contribution < -0.4 is 15.9 Å². The summed E-state index contributed by atoms with van der Waals surface area (Å²) in [6.45, 7) is 2.54. The van der Waals surface area contributed by atoms with Gasteiger partial charge in [-0.1, -0.05) is 0 Å². The fraction of sp³-hybridized carbons (Fsp3) is 0.353. The lowest BCUT2D eigenvalue weighted by Crippen LogP contribution is -2.35. The van der Waals surface area contributed by atoms with E-state index >= 15 is 0 Å². The first-order valence-corrected chi connectivity index (χ1v) is 7.67. The van der Waals surface area contributed by atoms with Crippen molar-refractivity contribution in [1.82, 2.24) is 9.47 Å². The predicted molar refractivity (Wildman–Crippen MR) is 86.3 cm³/mol. The van der Waals surface area contributed by atoms with E-state index in [1.165, 1.54) is 16.7 Å². The Morgan fingerprint density at radius 2 is 2.12 bits per heavy atom. The Labute approximate surface area is 138 Å². The number of nitrogens with zero attached hydrogens (tertiary/aromatic N) is 2. The highest BCUT2D eigenvalue weighted by Gasteiger charge is 2.29. The summed E-state index contributed by atoms with van der Waals surface area (Å²) in [7, 11) is 1.61. The molecule has 1 saturated heterocycles. The molecule has 7 nitrogen and oxygen atoms in total. The molecule has 0 saturated carbocycles. The van der Waals surface area contributed by atoms with Crippen LogP contribution in [0.3, 0.4) is 0 Å².